The van der Waals surface area contributed by atoms with Crippen molar-refractivity contribution in [1.29, 1.82) is 0 Å². The van der Waals surface area contributed by atoms with Crippen LogP contribution in [0.5, 0.6) is 0 Å². The van der Waals surface area contributed by atoms with Crippen molar-refractivity contribution in [2.24, 2.45) is 22.2 Å². The zero-order valence-electron chi connectivity index (χ0n) is 13.3. The summed E-state index contributed by atoms with van der Waals surface area (Å²) in [7, 11) is 0. The number of amides is 1. The van der Waals surface area contributed by atoms with E-state index in [-0.39, 0.29) is 23.1 Å². The van der Waals surface area contributed by atoms with E-state index in [1.54, 1.807) is 0 Å². The topological polar surface area (TPSA) is 87.7 Å². The van der Waals surface area contributed by atoms with Gasteiger partial charge >= 0.3 is 0 Å². The highest BCUT2D eigenvalue weighted by Gasteiger charge is 2.43. The molecule has 4 N–H and O–H groups in total. The van der Waals surface area contributed by atoms with Crippen molar-refractivity contribution < 1.29 is 10.0 Å². The van der Waals surface area contributed by atoms with Crippen LogP contribution in [0.3, 0.4) is 0 Å². The molecule has 0 aromatic rings. The first-order valence-electron chi connectivity index (χ1n) is 8.21. The van der Waals surface area contributed by atoms with Crippen molar-refractivity contribution >= 4 is 11.7 Å². The van der Waals surface area contributed by atoms with Crippen molar-refractivity contribution in [2.45, 2.75) is 77.2 Å². The molecule has 21 heavy (non-hydrogen) atoms. The van der Waals surface area contributed by atoms with E-state index in [4.69, 9.17) is 10.9 Å². The Kier molecular flexibility index (Phi) is 4.79. The zero-order chi connectivity index (χ0) is 15.5. The van der Waals surface area contributed by atoms with Gasteiger partial charge in [0.2, 0.25) is 5.91 Å². The first kappa shape index (κ1) is 16.1. The number of nitrogens with one attached hydrogen (secondary N) is 1. The molecule has 0 aromatic carbocycles. The standard InChI is InChI=1S/C16H29N3O2/c1-15(2)9-7-4-8-12(15)13(20)18-16(14(17)19-21)10-5-3-6-11-16/h12,21H,3-11H2,1-2H3,(H2,17,19)(H,18,20). The highest BCUT2D eigenvalue weighted by molar-refractivity contribution is 5.94. The molecule has 0 bridgehead atoms. The quantitative estimate of drug-likeness (QED) is 0.324. The molecular formula is C16H29N3O2. The van der Waals surface area contributed by atoms with Gasteiger partial charge in [-0.05, 0) is 31.1 Å². The second kappa shape index (κ2) is 6.24. The van der Waals surface area contributed by atoms with Crippen molar-refractivity contribution in [3.8, 4) is 0 Å². The van der Waals surface area contributed by atoms with Crippen molar-refractivity contribution in [2.75, 3.05) is 0 Å². The lowest BCUT2D eigenvalue weighted by Crippen LogP contribution is -2.60. The summed E-state index contributed by atoms with van der Waals surface area (Å²) in [5.74, 6) is 0.258. The van der Waals surface area contributed by atoms with Gasteiger partial charge in [-0.25, -0.2) is 0 Å². The summed E-state index contributed by atoms with van der Waals surface area (Å²) in [6.07, 6.45) is 9.01. The number of carbonyl (C=O) groups excluding carboxylic acids is 1. The third-order valence-electron chi connectivity index (χ3n) is 5.49. The Morgan fingerprint density at radius 2 is 1.76 bits per heavy atom. The Hall–Kier alpha value is -1.26. The van der Waals surface area contributed by atoms with E-state index in [2.05, 4.69) is 24.3 Å². The predicted octanol–water partition coefficient (Wildman–Crippen LogP) is 2.77. The molecule has 0 aliphatic heterocycles. The third-order valence-corrected chi connectivity index (χ3v) is 5.49. The number of nitrogens with zero attached hydrogens (tertiary/aromatic N) is 1. The molecule has 2 aliphatic carbocycles. The van der Waals surface area contributed by atoms with Crippen molar-refractivity contribution in [3.05, 3.63) is 0 Å². The monoisotopic (exact) mass is 295 g/mol. The molecule has 1 amide bonds. The number of nitrogens with two attached hydrogens (primary N) is 1. The lowest BCUT2D eigenvalue weighted by Gasteiger charge is -2.42. The Morgan fingerprint density at radius 1 is 1.14 bits per heavy atom. The molecule has 1 unspecified atom stereocenters. The van der Waals surface area contributed by atoms with Crippen LogP contribution in [0, 0.1) is 11.3 Å². The molecular weight excluding hydrogens is 266 g/mol. The minimum atomic E-state index is -0.641. The van der Waals surface area contributed by atoms with Crippen LogP contribution in [-0.4, -0.2) is 22.5 Å². The average Bonchev–Trinajstić information content (AvgIpc) is 2.46. The number of rotatable bonds is 3. The number of hydrogen-bond donors (Lipinski definition) is 3. The summed E-state index contributed by atoms with van der Waals surface area (Å²) in [6, 6.07) is 0. The van der Waals surface area contributed by atoms with Crippen LogP contribution in [0.1, 0.15) is 71.6 Å². The Bertz CT molecular complexity index is 412. The number of oxime groups is 1. The van der Waals surface area contributed by atoms with Gasteiger partial charge < -0.3 is 16.3 Å². The van der Waals surface area contributed by atoms with E-state index in [1.165, 1.54) is 6.42 Å². The lowest BCUT2D eigenvalue weighted by atomic mass is 9.68. The fraction of sp³-hybridized carbons (Fsp3) is 0.875. The Morgan fingerprint density at radius 3 is 2.33 bits per heavy atom. The maximum atomic E-state index is 12.8. The van der Waals surface area contributed by atoms with Gasteiger partial charge in [0.1, 0.15) is 5.54 Å². The normalized spacial score (nSPS) is 28.9. The molecule has 0 saturated heterocycles. The summed E-state index contributed by atoms with van der Waals surface area (Å²) in [5.41, 5.74) is 5.30. The SMILES string of the molecule is CC1(C)CCCCC1C(=O)NC1(C(N)=NO)CCCCC1. The maximum absolute atomic E-state index is 12.8. The fourth-order valence-corrected chi connectivity index (χ4v) is 4.00. The minimum absolute atomic E-state index is 0.0246. The summed E-state index contributed by atoms with van der Waals surface area (Å²) in [5, 5.41) is 15.4. The fourth-order valence-electron chi connectivity index (χ4n) is 4.00. The van der Waals surface area contributed by atoms with Crippen molar-refractivity contribution in [1.82, 2.24) is 5.32 Å². The van der Waals surface area contributed by atoms with Crippen LogP contribution < -0.4 is 11.1 Å². The first-order valence-corrected chi connectivity index (χ1v) is 8.21. The lowest BCUT2D eigenvalue weighted by molar-refractivity contribution is -0.131. The van der Waals surface area contributed by atoms with Gasteiger partial charge in [0.15, 0.2) is 5.84 Å². The summed E-state index contributed by atoms with van der Waals surface area (Å²) in [6.45, 7) is 4.35. The maximum Gasteiger partial charge on any atom is 0.224 e. The number of hydrogen-bond acceptors (Lipinski definition) is 3. The van der Waals surface area contributed by atoms with Gasteiger partial charge in [-0.2, -0.15) is 0 Å². The molecule has 2 saturated carbocycles. The molecule has 2 fully saturated rings. The first-order chi connectivity index (χ1) is 9.91. The molecule has 0 aromatic heterocycles. The van der Waals surface area contributed by atoms with Gasteiger partial charge in [-0.15, -0.1) is 0 Å². The molecule has 120 valence electrons. The van der Waals surface area contributed by atoms with Gasteiger partial charge in [0.05, 0.1) is 0 Å². The predicted molar refractivity (Wildman–Crippen MR) is 83.1 cm³/mol. The second-order valence-electron chi connectivity index (χ2n) is 7.40. The molecule has 2 aliphatic rings. The highest BCUT2D eigenvalue weighted by Crippen LogP contribution is 2.41. The van der Waals surface area contributed by atoms with Crippen molar-refractivity contribution in [3.63, 3.8) is 0 Å². The van der Waals surface area contributed by atoms with Crippen LogP contribution in [0.25, 0.3) is 0 Å². The van der Waals surface area contributed by atoms with E-state index in [0.717, 1.165) is 51.4 Å². The molecule has 0 radical (unpaired) electrons. The zero-order valence-corrected chi connectivity index (χ0v) is 13.3. The van der Waals surface area contributed by atoms with Crippen LogP contribution in [0.15, 0.2) is 5.16 Å². The van der Waals surface area contributed by atoms with Crippen LogP contribution in [-0.2, 0) is 4.79 Å². The van der Waals surface area contributed by atoms with Gasteiger partial charge in [-0.3, -0.25) is 4.79 Å². The Labute approximate surface area is 127 Å². The van der Waals surface area contributed by atoms with E-state index >= 15 is 0 Å². The van der Waals surface area contributed by atoms with Gasteiger partial charge in [0, 0.05) is 5.92 Å². The summed E-state index contributed by atoms with van der Waals surface area (Å²) in [4.78, 5) is 12.8. The van der Waals surface area contributed by atoms with Gasteiger partial charge in [0.25, 0.3) is 0 Å². The molecule has 5 nitrogen and oxygen atoms in total. The van der Waals surface area contributed by atoms with Crippen LogP contribution in [0.4, 0.5) is 0 Å². The van der Waals surface area contributed by atoms with E-state index < -0.39 is 5.54 Å². The van der Waals surface area contributed by atoms with E-state index in [0.29, 0.717) is 0 Å². The Balaban J connectivity index is 2.14. The molecule has 1 atom stereocenters. The van der Waals surface area contributed by atoms with Crippen LogP contribution >= 0.6 is 0 Å². The third kappa shape index (κ3) is 3.33. The molecule has 0 spiro atoms. The molecule has 2 rings (SSSR count). The van der Waals surface area contributed by atoms with E-state index in [9.17, 15) is 4.79 Å². The average molecular weight is 295 g/mol. The minimum Gasteiger partial charge on any atom is -0.409 e. The molecule has 0 heterocycles. The number of amidine groups is 1. The summed E-state index contributed by atoms with van der Waals surface area (Å²) < 4.78 is 0. The summed E-state index contributed by atoms with van der Waals surface area (Å²) >= 11 is 0. The van der Waals surface area contributed by atoms with Gasteiger partial charge in [-0.1, -0.05) is 51.1 Å². The number of carbonyl (C=O) groups is 1. The largest absolute Gasteiger partial charge is 0.409 e. The van der Waals surface area contributed by atoms with E-state index in [1.807, 2.05) is 0 Å². The smallest absolute Gasteiger partial charge is 0.224 e. The van der Waals surface area contributed by atoms with Crippen LogP contribution in [0.2, 0.25) is 0 Å². The highest BCUT2D eigenvalue weighted by atomic mass is 16.4. The second-order valence-corrected chi connectivity index (χ2v) is 7.40. The molecule has 5 heteroatoms.